The van der Waals surface area contributed by atoms with E-state index in [0.29, 0.717) is 33.1 Å². The maximum Gasteiger partial charge on any atom is 0.249 e. The van der Waals surface area contributed by atoms with Gasteiger partial charge < -0.3 is 14.7 Å². The Bertz CT molecular complexity index is 1400. The Hall–Kier alpha value is -3.93. The molecule has 6 heteroatoms. The van der Waals surface area contributed by atoms with Gasteiger partial charge in [0.15, 0.2) is 0 Å². The number of hydrogen-bond acceptors (Lipinski definition) is 2. The predicted molar refractivity (Wildman–Crippen MR) is 110 cm³/mol. The van der Waals surface area contributed by atoms with Crippen molar-refractivity contribution in [1.82, 2.24) is 4.57 Å². The number of carbonyl (C=O) groups excluding carboxylic acids is 1. The largest absolute Gasteiger partial charge is 0.464 e. The minimum atomic E-state index is -0.637. The molecule has 2 aromatic heterocycles. The number of halogens is 2. The Balaban J connectivity index is 1.85. The van der Waals surface area contributed by atoms with Gasteiger partial charge in [-0.2, -0.15) is 0 Å². The summed E-state index contributed by atoms with van der Waals surface area (Å²) in [7, 11) is 0. The van der Waals surface area contributed by atoms with Crippen molar-refractivity contribution in [2.45, 2.75) is 6.54 Å². The molecular weight excluding hydrogens is 386 g/mol. The molecule has 0 fully saturated rings. The number of primary amides is 1. The fraction of sp³-hybridized carbons (Fsp3) is 0.0417. The van der Waals surface area contributed by atoms with E-state index in [1.807, 2.05) is 12.1 Å². The summed E-state index contributed by atoms with van der Waals surface area (Å²) in [6.45, 7) is -0.0594. The van der Waals surface area contributed by atoms with Crippen LogP contribution in [0.15, 0.2) is 71.3 Å². The number of rotatable bonds is 4. The summed E-state index contributed by atoms with van der Waals surface area (Å²) in [6.07, 6.45) is 1.56. The van der Waals surface area contributed by atoms with E-state index in [4.69, 9.17) is 10.2 Å². The van der Waals surface area contributed by atoms with Crippen LogP contribution < -0.4 is 5.73 Å². The molecule has 0 unspecified atom stereocenters. The van der Waals surface area contributed by atoms with Crippen molar-refractivity contribution in [2.24, 2.45) is 5.73 Å². The van der Waals surface area contributed by atoms with E-state index in [0.717, 1.165) is 5.56 Å². The average molecular weight is 401 g/mol. The normalized spacial score (nSPS) is 11.4. The van der Waals surface area contributed by atoms with Crippen LogP contribution in [0.2, 0.25) is 0 Å². The molecule has 5 rings (SSSR count). The van der Waals surface area contributed by atoms with Crippen molar-refractivity contribution in [3.63, 3.8) is 0 Å². The summed E-state index contributed by atoms with van der Waals surface area (Å²) in [5, 5.41) is 1.24. The van der Waals surface area contributed by atoms with Crippen LogP contribution >= 0.6 is 0 Å². The lowest BCUT2D eigenvalue weighted by molar-refractivity contribution is 0.100. The van der Waals surface area contributed by atoms with Gasteiger partial charge in [-0.3, -0.25) is 4.79 Å². The highest BCUT2D eigenvalue weighted by atomic mass is 19.1. The number of benzene rings is 3. The third kappa shape index (κ3) is 2.76. The molecule has 1 radical (unpaired) electrons. The Kier molecular flexibility index (Phi) is 4.13. The second kappa shape index (κ2) is 6.84. The lowest BCUT2D eigenvalue weighted by Gasteiger charge is -2.10. The molecule has 0 aliphatic heterocycles. The summed E-state index contributed by atoms with van der Waals surface area (Å²) in [6, 6.07) is 19.3. The number of nitrogens with zero attached hydrogens (tertiary/aromatic N) is 1. The van der Waals surface area contributed by atoms with E-state index in [1.54, 1.807) is 41.2 Å². The summed E-state index contributed by atoms with van der Waals surface area (Å²) in [5.74, 6) is -1.22. The molecule has 4 nitrogen and oxygen atoms in total. The second-order valence-electron chi connectivity index (χ2n) is 6.98. The molecule has 0 spiro atoms. The summed E-state index contributed by atoms with van der Waals surface area (Å²) in [5.41, 5.74) is 7.91. The molecule has 0 atom stereocenters. The average Bonchev–Trinajstić information content (AvgIpc) is 3.37. The third-order valence-electron chi connectivity index (χ3n) is 5.24. The van der Waals surface area contributed by atoms with Crippen molar-refractivity contribution in [2.75, 3.05) is 0 Å². The van der Waals surface area contributed by atoms with Crippen LogP contribution in [0.25, 0.3) is 33.1 Å². The smallest absolute Gasteiger partial charge is 0.249 e. The molecule has 1 amide bonds. The molecule has 0 saturated carbocycles. The highest BCUT2D eigenvalue weighted by Crippen LogP contribution is 2.35. The van der Waals surface area contributed by atoms with Gasteiger partial charge in [0.05, 0.1) is 23.8 Å². The number of carbonyl (C=O) groups is 1. The van der Waals surface area contributed by atoms with Gasteiger partial charge in [0.25, 0.3) is 0 Å². The van der Waals surface area contributed by atoms with Gasteiger partial charge in [-0.25, -0.2) is 8.78 Å². The number of fused-ring (bicyclic) bond motifs is 3. The first-order valence-electron chi connectivity index (χ1n) is 9.28. The van der Waals surface area contributed by atoms with E-state index in [2.05, 4.69) is 6.07 Å². The molecule has 0 aliphatic rings. The first kappa shape index (κ1) is 18.1. The van der Waals surface area contributed by atoms with E-state index >= 15 is 0 Å². The van der Waals surface area contributed by atoms with Gasteiger partial charge in [-0.1, -0.05) is 12.1 Å². The van der Waals surface area contributed by atoms with Crippen LogP contribution in [-0.2, 0) is 6.54 Å². The summed E-state index contributed by atoms with van der Waals surface area (Å²) in [4.78, 5) is 12.1. The third-order valence-corrected chi connectivity index (χ3v) is 5.24. The maximum atomic E-state index is 14.4. The SMILES string of the molecule is NC(=O)c1cccc2c1c1[c]cc(-c3ccco3)cc1n2Cc1c(F)cccc1F. The van der Waals surface area contributed by atoms with Gasteiger partial charge in [-0.15, -0.1) is 0 Å². The molecular formula is C24H15F2N2O2. The number of furan rings is 1. The number of amides is 1. The Morgan fingerprint density at radius 3 is 2.50 bits per heavy atom. The van der Waals surface area contributed by atoms with Crippen LogP contribution in [0.1, 0.15) is 15.9 Å². The molecule has 0 aliphatic carbocycles. The minimum Gasteiger partial charge on any atom is -0.464 e. The van der Waals surface area contributed by atoms with Crippen molar-refractivity contribution in [3.05, 3.63) is 95.8 Å². The van der Waals surface area contributed by atoms with Crippen LogP contribution in [0, 0.1) is 17.7 Å². The van der Waals surface area contributed by atoms with E-state index in [1.165, 1.54) is 18.2 Å². The zero-order valence-corrected chi connectivity index (χ0v) is 15.7. The first-order chi connectivity index (χ1) is 14.5. The van der Waals surface area contributed by atoms with Gasteiger partial charge in [0.1, 0.15) is 17.4 Å². The maximum absolute atomic E-state index is 14.4. The number of aromatic nitrogens is 1. The quantitative estimate of drug-likeness (QED) is 0.445. The topological polar surface area (TPSA) is 61.2 Å². The van der Waals surface area contributed by atoms with Crippen LogP contribution in [0.5, 0.6) is 0 Å². The molecule has 3 aromatic carbocycles. The summed E-state index contributed by atoms with van der Waals surface area (Å²) < 4.78 is 36.0. The molecule has 2 N–H and O–H groups in total. The molecule has 0 saturated heterocycles. The van der Waals surface area contributed by atoms with E-state index in [9.17, 15) is 13.6 Å². The standard InChI is InChI=1S/C24H15F2N2O2/c25-18-5-2-6-19(26)17(18)13-28-20-7-1-4-16(24(27)29)23(20)15-10-9-14(12-21(15)28)22-8-3-11-30-22/h1-9,11-12H,13H2,(H2,27,29). The van der Waals surface area contributed by atoms with Crippen molar-refractivity contribution in [3.8, 4) is 11.3 Å². The van der Waals surface area contributed by atoms with Gasteiger partial charge >= 0.3 is 0 Å². The van der Waals surface area contributed by atoms with Crippen LogP contribution in [0.3, 0.4) is 0 Å². The predicted octanol–water partition coefficient (Wildman–Crippen LogP) is 5.28. The monoisotopic (exact) mass is 401 g/mol. The van der Waals surface area contributed by atoms with E-state index in [-0.39, 0.29) is 12.1 Å². The fourth-order valence-electron chi connectivity index (χ4n) is 3.86. The zero-order valence-electron chi connectivity index (χ0n) is 15.7. The molecule has 2 heterocycles. The highest BCUT2D eigenvalue weighted by molar-refractivity contribution is 6.18. The van der Waals surface area contributed by atoms with Crippen molar-refractivity contribution in [1.29, 1.82) is 0 Å². The highest BCUT2D eigenvalue weighted by Gasteiger charge is 2.19. The van der Waals surface area contributed by atoms with Gasteiger partial charge in [0, 0.05) is 27.5 Å². The Morgan fingerprint density at radius 1 is 1.03 bits per heavy atom. The molecule has 5 aromatic rings. The lowest BCUT2D eigenvalue weighted by Crippen LogP contribution is -2.11. The minimum absolute atomic E-state index is 0.0594. The van der Waals surface area contributed by atoms with Gasteiger partial charge in [0.2, 0.25) is 5.91 Å². The van der Waals surface area contributed by atoms with Crippen LogP contribution in [-0.4, -0.2) is 10.5 Å². The number of hydrogen-bond donors (Lipinski definition) is 1. The molecule has 147 valence electrons. The van der Waals surface area contributed by atoms with E-state index < -0.39 is 17.5 Å². The Labute approximate surface area is 170 Å². The number of nitrogens with two attached hydrogens (primary N) is 1. The van der Waals surface area contributed by atoms with Crippen LogP contribution in [0.4, 0.5) is 8.78 Å². The Morgan fingerprint density at radius 2 is 1.80 bits per heavy atom. The van der Waals surface area contributed by atoms with Gasteiger partial charge in [-0.05, 0) is 54.6 Å². The lowest BCUT2D eigenvalue weighted by atomic mass is 10.0. The fourth-order valence-corrected chi connectivity index (χ4v) is 3.86. The molecule has 0 bridgehead atoms. The second-order valence-corrected chi connectivity index (χ2v) is 6.98. The molecule has 30 heavy (non-hydrogen) atoms. The van der Waals surface area contributed by atoms with Crippen molar-refractivity contribution < 1.29 is 18.0 Å². The summed E-state index contributed by atoms with van der Waals surface area (Å²) >= 11 is 0. The zero-order chi connectivity index (χ0) is 20.8. The van der Waals surface area contributed by atoms with Crippen molar-refractivity contribution >= 4 is 27.7 Å². The first-order valence-corrected chi connectivity index (χ1v) is 9.28.